The molecule has 3 nitrogen and oxygen atoms in total. The number of aromatic nitrogens is 1. The standard InChI is InChI=1S/C20H19ClN2O/c1-14-17(20(22)24)13-19(16-9-5-6-10-18(16)21)23(14)12-11-15-7-3-2-4-8-15/h2-10,13H,11-12H2,1H3,(H2,22,24). The molecular formula is C20H19ClN2O. The van der Waals surface area contributed by atoms with Gasteiger partial charge in [0.2, 0.25) is 0 Å². The van der Waals surface area contributed by atoms with Crippen molar-refractivity contribution in [2.45, 2.75) is 19.9 Å². The molecular weight excluding hydrogens is 320 g/mol. The molecule has 0 fully saturated rings. The Hall–Kier alpha value is -2.52. The summed E-state index contributed by atoms with van der Waals surface area (Å²) in [6.45, 7) is 2.68. The van der Waals surface area contributed by atoms with Crippen LogP contribution in [0.25, 0.3) is 11.3 Å². The Balaban J connectivity index is 2.03. The van der Waals surface area contributed by atoms with Gasteiger partial charge < -0.3 is 10.3 Å². The van der Waals surface area contributed by atoms with Crippen molar-refractivity contribution >= 4 is 17.5 Å². The number of carbonyl (C=O) groups is 1. The van der Waals surface area contributed by atoms with Crippen LogP contribution in [0.5, 0.6) is 0 Å². The van der Waals surface area contributed by atoms with Crippen molar-refractivity contribution in [2.75, 3.05) is 0 Å². The Labute approximate surface area is 146 Å². The van der Waals surface area contributed by atoms with Gasteiger partial charge in [0.05, 0.1) is 11.3 Å². The van der Waals surface area contributed by atoms with Gasteiger partial charge in [-0.1, -0.05) is 60.1 Å². The summed E-state index contributed by atoms with van der Waals surface area (Å²) in [5, 5.41) is 0.659. The summed E-state index contributed by atoms with van der Waals surface area (Å²) in [6, 6.07) is 19.7. The first-order chi connectivity index (χ1) is 11.6. The van der Waals surface area contributed by atoms with Crippen LogP contribution < -0.4 is 5.73 Å². The normalized spacial score (nSPS) is 10.8. The van der Waals surface area contributed by atoms with Gasteiger partial charge in [-0.25, -0.2) is 0 Å². The quantitative estimate of drug-likeness (QED) is 0.733. The van der Waals surface area contributed by atoms with Gasteiger partial charge in [0.1, 0.15) is 0 Å². The second-order valence-corrected chi connectivity index (χ2v) is 6.17. The van der Waals surface area contributed by atoms with E-state index in [-0.39, 0.29) is 0 Å². The molecule has 0 radical (unpaired) electrons. The Morgan fingerprint density at radius 2 is 1.75 bits per heavy atom. The van der Waals surface area contributed by atoms with Gasteiger partial charge in [0.15, 0.2) is 0 Å². The number of benzene rings is 2. The van der Waals surface area contributed by atoms with Gasteiger partial charge in [0, 0.05) is 22.8 Å². The zero-order chi connectivity index (χ0) is 17.1. The number of nitrogens with zero attached hydrogens (tertiary/aromatic N) is 1. The number of rotatable bonds is 5. The molecule has 4 heteroatoms. The molecule has 0 aliphatic heterocycles. The number of hydrogen-bond acceptors (Lipinski definition) is 1. The molecule has 3 rings (SSSR count). The zero-order valence-corrected chi connectivity index (χ0v) is 14.3. The van der Waals surface area contributed by atoms with Crippen molar-refractivity contribution in [3.05, 3.63) is 82.5 Å². The van der Waals surface area contributed by atoms with Crippen LogP contribution in [-0.2, 0) is 13.0 Å². The minimum absolute atomic E-state index is 0.417. The summed E-state index contributed by atoms with van der Waals surface area (Å²) in [4.78, 5) is 11.8. The van der Waals surface area contributed by atoms with E-state index in [0.29, 0.717) is 10.6 Å². The fourth-order valence-electron chi connectivity index (χ4n) is 2.96. The van der Waals surface area contributed by atoms with E-state index in [1.807, 2.05) is 55.5 Å². The van der Waals surface area contributed by atoms with Crippen LogP contribution in [0.4, 0.5) is 0 Å². The molecule has 122 valence electrons. The third-order valence-electron chi connectivity index (χ3n) is 4.25. The lowest BCUT2D eigenvalue weighted by atomic mass is 10.1. The largest absolute Gasteiger partial charge is 0.366 e. The summed E-state index contributed by atoms with van der Waals surface area (Å²) in [5.74, 6) is -0.417. The number of aryl methyl sites for hydroxylation is 1. The highest BCUT2D eigenvalue weighted by atomic mass is 35.5. The summed E-state index contributed by atoms with van der Waals surface area (Å²) >= 11 is 6.36. The van der Waals surface area contributed by atoms with E-state index in [1.165, 1.54) is 5.56 Å². The topological polar surface area (TPSA) is 48.0 Å². The van der Waals surface area contributed by atoms with Crippen LogP contribution >= 0.6 is 11.6 Å². The molecule has 0 aliphatic rings. The lowest BCUT2D eigenvalue weighted by Gasteiger charge is -2.13. The second kappa shape index (κ2) is 6.93. The van der Waals surface area contributed by atoms with E-state index < -0.39 is 5.91 Å². The fraction of sp³-hybridized carbons (Fsp3) is 0.150. The summed E-state index contributed by atoms with van der Waals surface area (Å²) in [5.41, 5.74) is 10.0. The van der Waals surface area contributed by atoms with E-state index in [2.05, 4.69) is 16.7 Å². The van der Waals surface area contributed by atoms with Gasteiger partial charge in [-0.3, -0.25) is 4.79 Å². The molecule has 0 saturated heterocycles. The van der Waals surface area contributed by atoms with Crippen molar-refractivity contribution in [1.29, 1.82) is 0 Å². The summed E-state index contributed by atoms with van der Waals surface area (Å²) in [6.07, 6.45) is 0.867. The molecule has 0 unspecified atom stereocenters. The number of halogens is 1. The Kier molecular flexibility index (Phi) is 4.72. The van der Waals surface area contributed by atoms with Crippen LogP contribution in [0.1, 0.15) is 21.6 Å². The Morgan fingerprint density at radius 1 is 1.08 bits per heavy atom. The molecule has 0 bridgehead atoms. The third-order valence-corrected chi connectivity index (χ3v) is 4.58. The van der Waals surface area contributed by atoms with Gasteiger partial charge in [-0.05, 0) is 31.0 Å². The number of amides is 1. The smallest absolute Gasteiger partial charge is 0.250 e. The summed E-state index contributed by atoms with van der Waals surface area (Å²) < 4.78 is 2.12. The number of hydrogen-bond donors (Lipinski definition) is 1. The maximum Gasteiger partial charge on any atom is 0.250 e. The van der Waals surface area contributed by atoms with Gasteiger partial charge in [0.25, 0.3) is 5.91 Å². The SMILES string of the molecule is Cc1c(C(N)=O)cc(-c2ccccc2Cl)n1CCc1ccccc1. The van der Waals surface area contributed by atoms with Gasteiger partial charge in [-0.2, -0.15) is 0 Å². The van der Waals surface area contributed by atoms with E-state index in [0.717, 1.165) is 29.9 Å². The molecule has 0 aliphatic carbocycles. The second-order valence-electron chi connectivity index (χ2n) is 5.76. The molecule has 1 aromatic heterocycles. The van der Waals surface area contributed by atoms with Gasteiger partial charge in [-0.15, -0.1) is 0 Å². The highest BCUT2D eigenvalue weighted by Crippen LogP contribution is 2.31. The highest BCUT2D eigenvalue weighted by Gasteiger charge is 2.18. The maximum atomic E-state index is 11.8. The van der Waals surface area contributed by atoms with Crippen LogP contribution in [0, 0.1) is 6.92 Å². The van der Waals surface area contributed by atoms with Crippen LogP contribution in [0.15, 0.2) is 60.7 Å². The Morgan fingerprint density at radius 3 is 2.42 bits per heavy atom. The van der Waals surface area contributed by atoms with E-state index >= 15 is 0 Å². The molecule has 2 N–H and O–H groups in total. The first kappa shape index (κ1) is 16.3. The monoisotopic (exact) mass is 338 g/mol. The van der Waals surface area contributed by atoms with Crippen molar-refractivity contribution in [1.82, 2.24) is 4.57 Å². The average Bonchev–Trinajstić information content (AvgIpc) is 2.91. The van der Waals surface area contributed by atoms with Crippen LogP contribution in [0.2, 0.25) is 5.02 Å². The van der Waals surface area contributed by atoms with Crippen molar-refractivity contribution in [3.8, 4) is 11.3 Å². The number of primary amides is 1. The van der Waals surface area contributed by atoms with E-state index in [9.17, 15) is 4.79 Å². The highest BCUT2D eigenvalue weighted by molar-refractivity contribution is 6.33. The minimum Gasteiger partial charge on any atom is -0.366 e. The minimum atomic E-state index is -0.417. The lowest BCUT2D eigenvalue weighted by molar-refractivity contribution is 0.0999. The average molecular weight is 339 g/mol. The van der Waals surface area contributed by atoms with Crippen LogP contribution in [-0.4, -0.2) is 10.5 Å². The zero-order valence-electron chi connectivity index (χ0n) is 13.5. The summed E-state index contributed by atoms with van der Waals surface area (Å²) in [7, 11) is 0. The molecule has 0 saturated carbocycles. The lowest BCUT2D eigenvalue weighted by Crippen LogP contribution is -2.13. The van der Waals surface area contributed by atoms with E-state index in [4.69, 9.17) is 17.3 Å². The van der Waals surface area contributed by atoms with Crippen molar-refractivity contribution < 1.29 is 4.79 Å². The van der Waals surface area contributed by atoms with Crippen LogP contribution in [0.3, 0.4) is 0 Å². The van der Waals surface area contributed by atoms with E-state index in [1.54, 1.807) is 0 Å². The fourth-order valence-corrected chi connectivity index (χ4v) is 3.19. The Bertz CT molecular complexity index is 869. The molecule has 1 heterocycles. The molecule has 1 amide bonds. The molecule has 0 atom stereocenters. The first-order valence-corrected chi connectivity index (χ1v) is 8.24. The molecule has 24 heavy (non-hydrogen) atoms. The molecule has 3 aromatic rings. The maximum absolute atomic E-state index is 11.8. The predicted molar refractivity (Wildman–Crippen MR) is 98.3 cm³/mol. The first-order valence-electron chi connectivity index (χ1n) is 7.86. The van der Waals surface area contributed by atoms with Crippen molar-refractivity contribution in [2.24, 2.45) is 5.73 Å². The third kappa shape index (κ3) is 3.22. The predicted octanol–water partition coefficient (Wildman–Crippen LogP) is 4.46. The number of carbonyl (C=O) groups excluding carboxylic acids is 1. The molecule has 0 spiro atoms. The molecule has 2 aromatic carbocycles. The van der Waals surface area contributed by atoms with Gasteiger partial charge >= 0.3 is 0 Å². The number of nitrogens with two attached hydrogens (primary N) is 1. The van der Waals surface area contributed by atoms with Crippen molar-refractivity contribution in [3.63, 3.8) is 0 Å².